The van der Waals surface area contributed by atoms with E-state index in [1.807, 2.05) is 19.1 Å². The maximum Gasteiger partial charge on any atom is 0.329 e. The summed E-state index contributed by atoms with van der Waals surface area (Å²) in [6.45, 7) is 3.64. The number of hydrogen-bond acceptors (Lipinski definition) is 5. The monoisotopic (exact) mass is 355 g/mol. The Bertz CT molecular complexity index is 829. The zero-order valence-corrected chi connectivity index (χ0v) is 15.1. The van der Waals surface area contributed by atoms with Crippen LogP contribution in [0.5, 0.6) is 11.5 Å². The molecule has 2 rings (SSSR count). The third-order valence-corrected chi connectivity index (χ3v) is 3.64. The molecule has 26 heavy (non-hydrogen) atoms. The van der Waals surface area contributed by atoms with Gasteiger partial charge in [-0.3, -0.25) is 9.59 Å². The van der Waals surface area contributed by atoms with E-state index in [9.17, 15) is 9.59 Å². The van der Waals surface area contributed by atoms with Crippen LogP contribution < -0.4 is 20.2 Å². The molecule has 0 unspecified atom stereocenters. The molecule has 7 nitrogen and oxygen atoms in total. The van der Waals surface area contributed by atoms with E-state index < -0.39 is 11.8 Å². The summed E-state index contributed by atoms with van der Waals surface area (Å²) in [4.78, 5) is 23.8. The standard InChI is InChI=1S/C19H21N3O4/c1-12-5-8-15(9-6-12)20-18(23)19(24)22-21-13(2)14-7-10-16(25-3)17(11-14)26-4/h5-11H,1-4H3,(H,20,23)(H,22,24)/b21-13+. The number of hydrazone groups is 1. The number of rotatable bonds is 5. The third kappa shape index (κ3) is 4.83. The lowest BCUT2D eigenvalue weighted by molar-refractivity contribution is -0.136. The number of benzene rings is 2. The van der Waals surface area contributed by atoms with Crippen molar-refractivity contribution < 1.29 is 19.1 Å². The number of carbonyl (C=O) groups is 2. The van der Waals surface area contributed by atoms with E-state index in [1.165, 1.54) is 7.11 Å². The summed E-state index contributed by atoms with van der Waals surface area (Å²) in [5.41, 5.74) is 5.08. The zero-order valence-electron chi connectivity index (χ0n) is 15.1. The molecule has 2 aromatic rings. The van der Waals surface area contributed by atoms with Gasteiger partial charge in [-0.15, -0.1) is 0 Å². The molecule has 0 aliphatic heterocycles. The maximum atomic E-state index is 11.9. The van der Waals surface area contributed by atoms with Crippen LogP contribution in [-0.2, 0) is 9.59 Å². The molecule has 0 fully saturated rings. The Labute approximate surface area is 152 Å². The first-order valence-corrected chi connectivity index (χ1v) is 7.89. The normalized spacial score (nSPS) is 10.8. The maximum absolute atomic E-state index is 11.9. The summed E-state index contributed by atoms with van der Waals surface area (Å²) < 4.78 is 10.4. The number of aryl methyl sites for hydroxylation is 1. The number of nitrogens with one attached hydrogen (secondary N) is 2. The number of carbonyl (C=O) groups excluding carboxylic acids is 2. The van der Waals surface area contributed by atoms with Crippen molar-refractivity contribution in [1.82, 2.24) is 5.43 Å². The first-order valence-electron chi connectivity index (χ1n) is 7.89. The molecular formula is C19H21N3O4. The van der Waals surface area contributed by atoms with E-state index in [-0.39, 0.29) is 0 Å². The molecule has 0 bridgehead atoms. The highest BCUT2D eigenvalue weighted by atomic mass is 16.5. The van der Waals surface area contributed by atoms with Crippen LogP contribution in [0.2, 0.25) is 0 Å². The van der Waals surface area contributed by atoms with E-state index in [0.29, 0.717) is 22.9 Å². The van der Waals surface area contributed by atoms with E-state index >= 15 is 0 Å². The fourth-order valence-electron chi connectivity index (χ4n) is 2.14. The number of nitrogens with zero attached hydrogens (tertiary/aromatic N) is 1. The number of anilines is 1. The fraction of sp³-hybridized carbons (Fsp3) is 0.211. The lowest BCUT2D eigenvalue weighted by atomic mass is 10.1. The van der Waals surface area contributed by atoms with Crippen molar-refractivity contribution in [3.63, 3.8) is 0 Å². The minimum Gasteiger partial charge on any atom is -0.493 e. The Hall–Kier alpha value is -3.35. The highest BCUT2D eigenvalue weighted by Gasteiger charge is 2.13. The van der Waals surface area contributed by atoms with Gasteiger partial charge in [-0.2, -0.15) is 5.10 Å². The molecule has 0 aliphatic rings. The first-order chi connectivity index (χ1) is 12.4. The molecule has 7 heteroatoms. The van der Waals surface area contributed by atoms with Crippen molar-refractivity contribution in [2.75, 3.05) is 19.5 Å². The summed E-state index contributed by atoms with van der Waals surface area (Å²) in [6, 6.07) is 12.4. The molecule has 2 N–H and O–H groups in total. The molecule has 2 amide bonds. The SMILES string of the molecule is COc1ccc(/C(C)=N/NC(=O)C(=O)Nc2ccc(C)cc2)cc1OC. The average Bonchev–Trinajstić information content (AvgIpc) is 2.66. The van der Waals surface area contributed by atoms with Crippen molar-refractivity contribution in [3.8, 4) is 11.5 Å². The molecular weight excluding hydrogens is 334 g/mol. The Morgan fingerprint density at radius 3 is 2.19 bits per heavy atom. The molecule has 0 radical (unpaired) electrons. The van der Waals surface area contributed by atoms with Crippen LogP contribution in [0.4, 0.5) is 5.69 Å². The van der Waals surface area contributed by atoms with Crippen LogP contribution in [-0.4, -0.2) is 31.7 Å². The smallest absolute Gasteiger partial charge is 0.329 e. The van der Waals surface area contributed by atoms with Gasteiger partial charge in [0.25, 0.3) is 0 Å². The second-order valence-electron chi connectivity index (χ2n) is 5.53. The van der Waals surface area contributed by atoms with Gasteiger partial charge in [-0.25, -0.2) is 5.43 Å². The van der Waals surface area contributed by atoms with Gasteiger partial charge in [-0.1, -0.05) is 17.7 Å². The quantitative estimate of drug-likeness (QED) is 0.490. The van der Waals surface area contributed by atoms with Gasteiger partial charge >= 0.3 is 11.8 Å². The lowest BCUT2D eigenvalue weighted by Gasteiger charge is -2.09. The number of ether oxygens (including phenoxy) is 2. The summed E-state index contributed by atoms with van der Waals surface area (Å²) in [6.07, 6.45) is 0. The van der Waals surface area contributed by atoms with Crippen molar-refractivity contribution >= 4 is 23.2 Å². The van der Waals surface area contributed by atoms with Gasteiger partial charge in [0.05, 0.1) is 19.9 Å². The summed E-state index contributed by atoms with van der Waals surface area (Å²) in [5.74, 6) is -0.517. The minimum absolute atomic E-state index is 0.516. The molecule has 0 aromatic heterocycles. The molecule has 136 valence electrons. The number of methoxy groups -OCH3 is 2. The van der Waals surface area contributed by atoms with Gasteiger partial charge in [0.2, 0.25) is 0 Å². The third-order valence-electron chi connectivity index (χ3n) is 3.64. The van der Waals surface area contributed by atoms with Gasteiger partial charge in [-0.05, 0) is 44.2 Å². The molecule has 0 aliphatic carbocycles. The topological polar surface area (TPSA) is 89.0 Å². The van der Waals surface area contributed by atoms with E-state index in [4.69, 9.17) is 9.47 Å². The second-order valence-corrected chi connectivity index (χ2v) is 5.53. The van der Waals surface area contributed by atoms with Crippen molar-refractivity contribution in [3.05, 3.63) is 53.6 Å². The van der Waals surface area contributed by atoms with Gasteiger partial charge in [0.15, 0.2) is 11.5 Å². The Kier molecular flexibility index (Phi) is 6.32. The van der Waals surface area contributed by atoms with Crippen LogP contribution >= 0.6 is 0 Å². The summed E-state index contributed by atoms with van der Waals surface area (Å²) in [7, 11) is 3.08. The first kappa shape index (κ1) is 19.0. The number of hydrogen-bond donors (Lipinski definition) is 2. The van der Waals surface area contributed by atoms with Gasteiger partial charge in [0, 0.05) is 11.3 Å². The summed E-state index contributed by atoms with van der Waals surface area (Å²) >= 11 is 0. The van der Waals surface area contributed by atoms with Crippen LogP contribution in [0.15, 0.2) is 47.6 Å². The Balaban J connectivity index is 2.02. The van der Waals surface area contributed by atoms with Crippen molar-refractivity contribution in [1.29, 1.82) is 0 Å². The van der Waals surface area contributed by atoms with Crippen LogP contribution in [0.3, 0.4) is 0 Å². The Morgan fingerprint density at radius 2 is 1.58 bits per heavy atom. The van der Waals surface area contributed by atoms with Gasteiger partial charge < -0.3 is 14.8 Å². The fourth-order valence-corrected chi connectivity index (χ4v) is 2.14. The minimum atomic E-state index is -0.856. The second kappa shape index (κ2) is 8.66. The molecule has 0 atom stereocenters. The predicted octanol–water partition coefficient (Wildman–Crippen LogP) is 2.49. The van der Waals surface area contributed by atoms with Gasteiger partial charge in [0.1, 0.15) is 0 Å². The van der Waals surface area contributed by atoms with Crippen LogP contribution in [0, 0.1) is 6.92 Å². The zero-order chi connectivity index (χ0) is 19.1. The van der Waals surface area contributed by atoms with Crippen LogP contribution in [0.25, 0.3) is 0 Å². The largest absolute Gasteiger partial charge is 0.493 e. The van der Waals surface area contributed by atoms with Crippen molar-refractivity contribution in [2.24, 2.45) is 5.10 Å². The molecule has 0 saturated heterocycles. The van der Waals surface area contributed by atoms with E-state index in [1.54, 1.807) is 44.4 Å². The molecule has 0 heterocycles. The van der Waals surface area contributed by atoms with E-state index in [2.05, 4.69) is 15.8 Å². The molecule has 0 spiro atoms. The van der Waals surface area contributed by atoms with Crippen LogP contribution in [0.1, 0.15) is 18.1 Å². The molecule has 0 saturated carbocycles. The Morgan fingerprint density at radius 1 is 0.923 bits per heavy atom. The number of amides is 2. The lowest BCUT2D eigenvalue weighted by Crippen LogP contribution is -2.32. The molecule has 2 aromatic carbocycles. The average molecular weight is 355 g/mol. The van der Waals surface area contributed by atoms with E-state index in [0.717, 1.165) is 11.1 Å². The summed E-state index contributed by atoms with van der Waals surface area (Å²) in [5, 5.41) is 6.47. The predicted molar refractivity (Wildman–Crippen MR) is 99.7 cm³/mol. The van der Waals surface area contributed by atoms with Crippen molar-refractivity contribution in [2.45, 2.75) is 13.8 Å². The highest BCUT2D eigenvalue weighted by molar-refractivity contribution is 6.39. The highest BCUT2D eigenvalue weighted by Crippen LogP contribution is 2.27.